The predicted octanol–water partition coefficient (Wildman–Crippen LogP) is 3.31. The van der Waals surface area contributed by atoms with E-state index in [9.17, 15) is 4.79 Å². The highest BCUT2D eigenvalue weighted by Crippen LogP contribution is 2.29. The van der Waals surface area contributed by atoms with Crippen LogP contribution in [-0.4, -0.2) is 9.55 Å². The second-order valence-corrected chi connectivity index (χ2v) is 5.94. The largest absolute Gasteiger partial charge is 0.323 e. The lowest BCUT2D eigenvalue weighted by atomic mass is 9.83. The number of nitrogens with one attached hydrogen (secondary N) is 1. The molecule has 0 aromatic carbocycles. The topological polar surface area (TPSA) is 37.8 Å². The summed E-state index contributed by atoms with van der Waals surface area (Å²) in [6.07, 6.45) is 5.04. The number of hydrogen-bond donors (Lipinski definition) is 1. The maximum absolute atomic E-state index is 12.2. The van der Waals surface area contributed by atoms with Crippen molar-refractivity contribution in [1.29, 1.82) is 0 Å². The van der Waals surface area contributed by atoms with E-state index in [1.165, 1.54) is 30.6 Å². The van der Waals surface area contributed by atoms with Gasteiger partial charge < -0.3 is 4.98 Å². The molecule has 90 valence electrons. The average Bonchev–Trinajstić information content (AvgIpc) is 2.68. The third-order valence-corrected chi connectivity index (χ3v) is 4.74. The Morgan fingerprint density at radius 2 is 2.35 bits per heavy atom. The van der Waals surface area contributed by atoms with E-state index < -0.39 is 0 Å². The third-order valence-electron chi connectivity index (χ3n) is 3.59. The van der Waals surface area contributed by atoms with Crippen LogP contribution in [0.15, 0.2) is 16.2 Å². The standard InChI is InChI=1S/C12H14N2OS2/c15-11-9-5-7-17-10(9)13-12(16)14(11)6-4-8-2-1-3-8/h5,7-8H,1-4,6H2,(H,13,16). The first kappa shape index (κ1) is 11.2. The minimum Gasteiger partial charge on any atom is -0.323 e. The molecule has 0 bridgehead atoms. The van der Waals surface area contributed by atoms with Crippen LogP contribution < -0.4 is 5.56 Å². The van der Waals surface area contributed by atoms with Crippen LogP contribution >= 0.6 is 23.6 Å². The van der Waals surface area contributed by atoms with Gasteiger partial charge in [-0.05, 0) is 36.0 Å². The highest BCUT2D eigenvalue weighted by Gasteiger charge is 2.17. The summed E-state index contributed by atoms with van der Waals surface area (Å²) in [4.78, 5) is 16.2. The van der Waals surface area contributed by atoms with Gasteiger partial charge in [-0.3, -0.25) is 9.36 Å². The maximum atomic E-state index is 12.2. The number of H-pyrrole nitrogens is 1. The first-order valence-electron chi connectivity index (χ1n) is 5.96. The molecule has 2 heterocycles. The fourth-order valence-corrected chi connectivity index (χ4v) is 3.39. The molecule has 1 aliphatic carbocycles. The molecule has 0 amide bonds. The molecular formula is C12H14N2OS2. The maximum Gasteiger partial charge on any atom is 0.263 e. The Morgan fingerprint density at radius 1 is 1.53 bits per heavy atom. The van der Waals surface area contributed by atoms with E-state index in [1.54, 1.807) is 4.57 Å². The van der Waals surface area contributed by atoms with Crippen LogP contribution in [0.2, 0.25) is 0 Å². The Kier molecular flexibility index (Phi) is 2.88. The van der Waals surface area contributed by atoms with Crippen molar-refractivity contribution in [2.24, 2.45) is 5.92 Å². The lowest BCUT2D eigenvalue weighted by molar-refractivity contribution is 0.280. The van der Waals surface area contributed by atoms with Gasteiger partial charge in [0.05, 0.1) is 5.39 Å². The molecule has 0 spiro atoms. The van der Waals surface area contributed by atoms with Gasteiger partial charge in [0.2, 0.25) is 0 Å². The second kappa shape index (κ2) is 4.38. The van der Waals surface area contributed by atoms with Crippen LogP contribution in [-0.2, 0) is 6.54 Å². The van der Waals surface area contributed by atoms with E-state index in [0.717, 1.165) is 29.1 Å². The molecule has 1 aliphatic rings. The summed E-state index contributed by atoms with van der Waals surface area (Å²) in [7, 11) is 0. The molecular weight excluding hydrogens is 252 g/mol. The molecule has 1 N–H and O–H groups in total. The zero-order valence-corrected chi connectivity index (χ0v) is 11.1. The summed E-state index contributed by atoms with van der Waals surface area (Å²) in [5, 5.41) is 2.69. The van der Waals surface area contributed by atoms with Crippen molar-refractivity contribution in [3.8, 4) is 0 Å². The highest BCUT2D eigenvalue weighted by molar-refractivity contribution is 7.71. The monoisotopic (exact) mass is 266 g/mol. The van der Waals surface area contributed by atoms with Crippen molar-refractivity contribution in [3.63, 3.8) is 0 Å². The van der Waals surface area contributed by atoms with E-state index in [1.807, 2.05) is 11.4 Å². The van der Waals surface area contributed by atoms with Gasteiger partial charge in [-0.15, -0.1) is 11.3 Å². The lowest BCUT2D eigenvalue weighted by Gasteiger charge is -2.25. The Bertz CT molecular complexity index is 648. The van der Waals surface area contributed by atoms with Gasteiger partial charge in [0.25, 0.3) is 5.56 Å². The third kappa shape index (κ3) is 1.98. The normalized spacial score (nSPS) is 16.2. The van der Waals surface area contributed by atoms with E-state index in [2.05, 4.69) is 4.98 Å². The second-order valence-electron chi connectivity index (χ2n) is 4.64. The number of aromatic nitrogens is 2. The summed E-state index contributed by atoms with van der Waals surface area (Å²) < 4.78 is 2.27. The fraction of sp³-hybridized carbons (Fsp3) is 0.500. The molecule has 0 unspecified atom stereocenters. The number of aromatic amines is 1. The molecule has 1 fully saturated rings. The number of hydrogen-bond acceptors (Lipinski definition) is 3. The minimum absolute atomic E-state index is 0.0596. The van der Waals surface area contributed by atoms with Crippen LogP contribution in [0, 0.1) is 10.7 Å². The smallest absolute Gasteiger partial charge is 0.263 e. The van der Waals surface area contributed by atoms with E-state index in [-0.39, 0.29) is 5.56 Å². The van der Waals surface area contributed by atoms with Gasteiger partial charge in [-0.25, -0.2) is 0 Å². The quantitative estimate of drug-likeness (QED) is 0.865. The summed E-state index contributed by atoms with van der Waals surface area (Å²) in [5.74, 6) is 0.800. The van der Waals surface area contributed by atoms with Crippen LogP contribution in [0.5, 0.6) is 0 Å². The van der Waals surface area contributed by atoms with E-state index in [4.69, 9.17) is 12.2 Å². The van der Waals surface area contributed by atoms with Crippen molar-refractivity contribution in [1.82, 2.24) is 9.55 Å². The molecule has 3 nitrogen and oxygen atoms in total. The van der Waals surface area contributed by atoms with Crippen molar-refractivity contribution >= 4 is 33.8 Å². The van der Waals surface area contributed by atoms with Gasteiger partial charge in [0, 0.05) is 6.54 Å². The molecule has 5 heteroatoms. The lowest BCUT2D eigenvalue weighted by Crippen LogP contribution is -2.24. The van der Waals surface area contributed by atoms with Crippen molar-refractivity contribution < 1.29 is 0 Å². The van der Waals surface area contributed by atoms with Gasteiger partial charge in [0.1, 0.15) is 4.83 Å². The molecule has 0 aliphatic heterocycles. The summed E-state index contributed by atoms with van der Waals surface area (Å²) in [6, 6.07) is 1.87. The van der Waals surface area contributed by atoms with Crippen molar-refractivity contribution in [3.05, 3.63) is 26.6 Å². The number of nitrogens with zero attached hydrogens (tertiary/aromatic N) is 1. The Balaban J connectivity index is 1.96. The van der Waals surface area contributed by atoms with Crippen molar-refractivity contribution in [2.45, 2.75) is 32.2 Å². The molecule has 0 radical (unpaired) electrons. The molecule has 1 saturated carbocycles. The molecule has 2 aromatic heterocycles. The summed E-state index contributed by atoms with van der Waals surface area (Å²) in [5.41, 5.74) is 0.0596. The average molecular weight is 266 g/mol. The predicted molar refractivity (Wildman–Crippen MR) is 73.2 cm³/mol. The van der Waals surface area contributed by atoms with Gasteiger partial charge in [-0.2, -0.15) is 0 Å². The Hall–Kier alpha value is -0.940. The van der Waals surface area contributed by atoms with E-state index in [0.29, 0.717) is 4.77 Å². The van der Waals surface area contributed by atoms with Crippen LogP contribution in [0.3, 0.4) is 0 Å². The van der Waals surface area contributed by atoms with Gasteiger partial charge >= 0.3 is 0 Å². The molecule has 3 rings (SSSR count). The first-order chi connectivity index (χ1) is 8.25. The van der Waals surface area contributed by atoms with Crippen LogP contribution in [0.4, 0.5) is 0 Å². The molecule has 0 atom stereocenters. The molecule has 2 aromatic rings. The fourth-order valence-electron chi connectivity index (χ4n) is 2.27. The van der Waals surface area contributed by atoms with Gasteiger partial charge in [-0.1, -0.05) is 19.3 Å². The SMILES string of the molecule is O=c1c2ccsc2[nH]c(=S)n1CCC1CCC1. The summed E-state index contributed by atoms with van der Waals surface area (Å²) in [6.45, 7) is 0.755. The Morgan fingerprint density at radius 3 is 3.06 bits per heavy atom. The summed E-state index contributed by atoms with van der Waals surface area (Å²) >= 11 is 6.78. The number of thiophene rings is 1. The van der Waals surface area contributed by atoms with Gasteiger partial charge in [0.15, 0.2) is 4.77 Å². The molecule has 0 saturated heterocycles. The zero-order chi connectivity index (χ0) is 11.8. The first-order valence-corrected chi connectivity index (χ1v) is 7.25. The number of rotatable bonds is 3. The Labute approximate surface area is 108 Å². The van der Waals surface area contributed by atoms with Crippen LogP contribution in [0.1, 0.15) is 25.7 Å². The highest BCUT2D eigenvalue weighted by atomic mass is 32.1. The number of fused-ring (bicyclic) bond motifs is 1. The van der Waals surface area contributed by atoms with Crippen molar-refractivity contribution in [2.75, 3.05) is 0 Å². The molecule has 17 heavy (non-hydrogen) atoms. The van der Waals surface area contributed by atoms with Crippen LogP contribution in [0.25, 0.3) is 10.2 Å². The van der Waals surface area contributed by atoms with E-state index >= 15 is 0 Å². The minimum atomic E-state index is 0.0596. The zero-order valence-electron chi connectivity index (χ0n) is 9.44.